The Balaban J connectivity index is 1.39. The van der Waals surface area contributed by atoms with E-state index in [1.165, 1.54) is 38.0 Å². The molecule has 0 radical (unpaired) electrons. The van der Waals surface area contributed by atoms with Crippen molar-refractivity contribution < 1.29 is 31.9 Å². The Hall–Kier alpha value is -3.92. The second-order valence-electron chi connectivity index (χ2n) is 12.6. The minimum absolute atomic E-state index is 0.0143. The molecule has 3 fully saturated rings. The third-order valence-corrected chi connectivity index (χ3v) is 9.56. The first-order chi connectivity index (χ1) is 21.5. The molecular weight excluding hydrogens is 586 g/mol. The van der Waals surface area contributed by atoms with Crippen molar-refractivity contribution in [3.8, 4) is 0 Å². The maximum Gasteiger partial charge on any atom is 0.416 e. The average Bonchev–Trinajstić information content (AvgIpc) is 3.69. The molecule has 0 unspecified atom stereocenters. The first-order valence-electron chi connectivity index (χ1n) is 15.5. The van der Waals surface area contributed by atoms with Crippen molar-refractivity contribution in [3.63, 3.8) is 0 Å². The first-order valence-corrected chi connectivity index (χ1v) is 15.5. The van der Waals surface area contributed by atoms with Gasteiger partial charge in [0, 0.05) is 23.3 Å². The summed E-state index contributed by atoms with van der Waals surface area (Å²) in [6.07, 6.45) is 0.307. The fourth-order valence-electron chi connectivity index (χ4n) is 7.25. The molecule has 0 bridgehead atoms. The number of piperidine rings is 1. The van der Waals surface area contributed by atoms with Gasteiger partial charge in [-0.05, 0) is 80.1 Å². The van der Waals surface area contributed by atoms with Crippen LogP contribution in [0.2, 0.25) is 0 Å². The summed E-state index contributed by atoms with van der Waals surface area (Å²) in [6.45, 7) is 3.59. The minimum atomic E-state index is -4.58. The molecule has 2 saturated heterocycles. The van der Waals surface area contributed by atoms with E-state index in [1.54, 1.807) is 24.0 Å². The predicted molar refractivity (Wildman–Crippen MR) is 163 cm³/mol. The van der Waals surface area contributed by atoms with Crippen molar-refractivity contribution in [1.82, 2.24) is 4.90 Å². The number of fused-ring (bicyclic) bond motifs is 1. The summed E-state index contributed by atoms with van der Waals surface area (Å²) in [5, 5.41) is 6.26. The number of nitrogens with one attached hydrogen (secondary N) is 2. The maximum atomic E-state index is 15.2. The lowest BCUT2D eigenvalue weighted by Crippen LogP contribution is -2.55. The van der Waals surface area contributed by atoms with Crippen LogP contribution in [0.5, 0.6) is 0 Å². The molecule has 2 amide bonds. The second-order valence-corrected chi connectivity index (χ2v) is 12.6. The zero-order valence-electron chi connectivity index (χ0n) is 25.3. The highest BCUT2D eigenvalue weighted by atomic mass is 19.4. The van der Waals surface area contributed by atoms with E-state index in [2.05, 4.69) is 10.6 Å². The van der Waals surface area contributed by atoms with Crippen LogP contribution in [0.25, 0.3) is 0 Å². The number of nitrogens with zero attached hydrogens (tertiary/aromatic N) is 1. The number of carbonyl (C=O) groups excluding carboxylic acids is 2. The normalized spacial score (nSPS) is 23.6. The molecule has 4 atom stereocenters. The van der Waals surface area contributed by atoms with Gasteiger partial charge in [-0.25, -0.2) is 4.39 Å². The molecule has 2 N–H and O–H groups in total. The highest BCUT2D eigenvalue weighted by molar-refractivity contribution is 5.98. The Kier molecular flexibility index (Phi) is 8.61. The summed E-state index contributed by atoms with van der Waals surface area (Å²) in [4.78, 5) is 30.0. The van der Waals surface area contributed by atoms with Crippen molar-refractivity contribution in [2.24, 2.45) is 11.8 Å². The van der Waals surface area contributed by atoms with Gasteiger partial charge in [-0.3, -0.25) is 9.59 Å². The van der Waals surface area contributed by atoms with Gasteiger partial charge in [-0.1, -0.05) is 43.2 Å². The molecule has 45 heavy (non-hydrogen) atoms. The second kappa shape index (κ2) is 12.5. The molecule has 2 aliphatic heterocycles. The molecule has 6 nitrogen and oxygen atoms in total. The van der Waals surface area contributed by atoms with Crippen LogP contribution in [-0.4, -0.2) is 42.0 Å². The molecule has 1 saturated carbocycles. The topological polar surface area (TPSA) is 70.7 Å². The Morgan fingerprint density at radius 1 is 0.911 bits per heavy atom. The Bertz CT molecular complexity index is 1550. The Morgan fingerprint density at radius 2 is 1.62 bits per heavy atom. The average molecular weight is 624 g/mol. The maximum absolute atomic E-state index is 15.2. The van der Waals surface area contributed by atoms with E-state index in [4.69, 9.17) is 4.74 Å². The molecule has 0 aromatic heterocycles. The summed E-state index contributed by atoms with van der Waals surface area (Å²) in [5.41, 5.74) is 1.23. The molecule has 3 aliphatic rings. The van der Waals surface area contributed by atoms with Crippen LogP contribution in [0.4, 0.5) is 28.9 Å². The number of rotatable bonds is 6. The van der Waals surface area contributed by atoms with Crippen molar-refractivity contribution >= 4 is 23.2 Å². The van der Waals surface area contributed by atoms with Gasteiger partial charge in [0.05, 0.1) is 42.3 Å². The molecule has 0 spiro atoms. The van der Waals surface area contributed by atoms with Gasteiger partial charge in [0.1, 0.15) is 5.82 Å². The molecule has 1 aliphatic carbocycles. The van der Waals surface area contributed by atoms with Crippen LogP contribution >= 0.6 is 0 Å². The summed E-state index contributed by atoms with van der Waals surface area (Å²) >= 11 is 0. The van der Waals surface area contributed by atoms with Crippen molar-refractivity contribution in [3.05, 3.63) is 94.3 Å². The first kappa shape index (κ1) is 31.1. The van der Waals surface area contributed by atoms with E-state index >= 15 is 4.39 Å². The zero-order chi connectivity index (χ0) is 31.9. The molecule has 10 heteroatoms. The van der Waals surface area contributed by atoms with Gasteiger partial charge in [0.2, 0.25) is 5.91 Å². The highest BCUT2D eigenvalue weighted by Gasteiger charge is 2.51. The minimum Gasteiger partial charge on any atom is -0.382 e. The molecule has 3 aromatic rings. The number of hydrogen-bond donors (Lipinski definition) is 2. The summed E-state index contributed by atoms with van der Waals surface area (Å²) < 4.78 is 62.0. The number of aryl methyl sites for hydroxylation is 2. The van der Waals surface area contributed by atoms with E-state index in [9.17, 15) is 22.8 Å². The van der Waals surface area contributed by atoms with Crippen molar-refractivity contribution in [2.45, 2.75) is 70.3 Å². The van der Waals surface area contributed by atoms with Crippen molar-refractivity contribution in [1.29, 1.82) is 0 Å². The van der Waals surface area contributed by atoms with Gasteiger partial charge in [0.15, 0.2) is 0 Å². The third-order valence-electron chi connectivity index (χ3n) is 9.56. The number of amides is 2. The fraction of sp³-hybridized carbons (Fsp3) is 0.429. The number of halogens is 4. The fourth-order valence-corrected chi connectivity index (χ4v) is 7.25. The van der Waals surface area contributed by atoms with Crippen LogP contribution in [0, 0.1) is 31.5 Å². The largest absolute Gasteiger partial charge is 0.416 e. The highest BCUT2D eigenvalue weighted by Crippen LogP contribution is 2.46. The van der Waals surface area contributed by atoms with Gasteiger partial charge in [-0.15, -0.1) is 0 Å². The molecule has 238 valence electrons. The van der Waals surface area contributed by atoms with Gasteiger partial charge >= 0.3 is 6.18 Å². The lowest BCUT2D eigenvalue weighted by molar-refractivity contribution is -0.138. The number of alkyl halides is 3. The van der Waals surface area contributed by atoms with E-state index < -0.39 is 47.4 Å². The van der Waals surface area contributed by atoms with Crippen LogP contribution in [0.15, 0.2) is 60.7 Å². The van der Waals surface area contributed by atoms with Gasteiger partial charge in [0.25, 0.3) is 5.91 Å². The van der Waals surface area contributed by atoms with Crippen molar-refractivity contribution in [2.75, 3.05) is 23.8 Å². The predicted octanol–water partition coefficient (Wildman–Crippen LogP) is 7.67. The van der Waals surface area contributed by atoms with E-state index in [-0.39, 0.29) is 29.3 Å². The molecule has 3 aromatic carbocycles. The monoisotopic (exact) mass is 623 g/mol. The molecule has 2 heterocycles. The Morgan fingerprint density at radius 3 is 2.31 bits per heavy atom. The van der Waals surface area contributed by atoms with Crippen LogP contribution < -0.4 is 10.6 Å². The standard InChI is InChI=1S/C35H37F4N3O3/c1-20-10-13-26(17-28(20)35(37,38)39)41-33(43)27-16-23-18-45-19-30(23)42(34(44)31-21(2)6-5-9-29(31)36)32(27)22-11-14-25(15-12-22)40-24-7-3-4-8-24/h5-6,9-15,17,23-24,27,30,32,40H,3-4,7-8,16,18-19H2,1-2H3,(H,41,43)/t23-,27-,30+,32-/m1/s1. The summed E-state index contributed by atoms with van der Waals surface area (Å²) in [7, 11) is 0. The van der Waals surface area contributed by atoms with Crippen LogP contribution in [0.1, 0.15) is 70.8 Å². The SMILES string of the molecule is Cc1ccc(NC(=O)[C@@H]2C[C@@H]3COC[C@@H]3N(C(=O)c3c(C)cccc3F)[C@@H]2c2ccc(NC3CCCC3)cc2)cc1C(F)(F)F. The lowest BCUT2D eigenvalue weighted by atomic mass is 9.76. The Labute approximate surface area is 260 Å². The quantitative estimate of drug-likeness (QED) is 0.277. The lowest BCUT2D eigenvalue weighted by Gasteiger charge is -2.47. The van der Waals surface area contributed by atoms with E-state index in [1.807, 2.05) is 24.3 Å². The summed E-state index contributed by atoms with van der Waals surface area (Å²) in [5.74, 6) is -2.76. The van der Waals surface area contributed by atoms with E-state index in [0.29, 0.717) is 30.2 Å². The zero-order valence-corrected chi connectivity index (χ0v) is 25.3. The number of hydrogen-bond acceptors (Lipinski definition) is 4. The number of benzene rings is 3. The number of likely N-dealkylation sites (tertiary alicyclic amines) is 1. The van der Waals surface area contributed by atoms with Crippen LogP contribution in [0.3, 0.4) is 0 Å². The number of carbonyl (C=O) groups is 2. The number of anilines is 2. The van der Waals surface area contributed by atoms with Gasteiger partial charge < -0.3 is 20.3 Å². The van der Waals surface area contributed by atoms with Crippen LogP contribution in [-0.2, 0) is 15.7 Å². The molecular formula is C35H37F4N3O3. The van der Waals surface area contributed by atoms with Gasteiger partial charge in [-0.2, -0.15) is 13.2 Å². The smallest absolute Gasteiger partial charge is 0.382 e. The molecule has 6 rings (SSSR count). The third kappa shape index (κ3) is 6.30. The summed E-state index contributed by atoms with van der Waals surface area (Å²) in [6, 6.07) is 14.9. The van der Waals surface area contributed by atoms with E-state index in [0.717, 1.165) is 24.6 Å². The number of ether oxygens (including phenoxy) is 1.